The van der Waals surface area contributed by atoms with Gasteiger partial charge < -0.3 is 0 Å². The Morgan fingerprint density at radius 1 is 0.867 bits per heavy atom. The molecule has 0 aromatic heterocycles. The molecular formula is C8H18O4PtS2. The van der Waals surface area contributed by atoms with Crippen LogP contribution in [0.4, 0.5) is 0 Å². The molecule has 4 nitrogen and oxygen atoms in total. The summed E-state index contributed by atoms with van der Waals surface area (Å²) in [6.07, 6.45) is 0.0966. The van der Waals surface area contributed by atoms with Gasteiger partial charge in [0.25, 0.3) is 0 Å². The molecule has 7 heteroatoms. The number of sulfone groups is 2. The molecule has 0 aromatic carbocycles. The van der Waals surface area contributed by atoms with E-state index in [-0.39, 0.29) is 39.0 Å². The molecule has 0 aliphatic heterocycles. The van der Waals surface area contributed by atoms with Gasteiger partial charge in [-0.2, -0.15) is 0 Å². The Hall–Kier alpha value is 0.588. The largest absolute Gasteiger partial charge is 0.227 e. The van der Waals surface area contributed by atoms with Crippen LogP contribution in [-0.2, 0) is 40.7 Å². The molecule has 0 spiro atoms. The van der Waals surface area contributed by atoms with E-state index in [4.69, 9.17) is 0 Å². The van der Waals surface area contributed by atoms with E-state index in [1.807, 2.05) is 0 Å². The van der Waals surface area contributed by atoms with Gasteiger partial charge in [-0.05, 0) is 13.3 Å². The summed E-state index contributed by atoms with van der Waals surface area (Å²) in [6, 6.07) is 0. The fraction of sp³-hybridized carbons (Fsp3) is 1.00. The van der Waals surface area contributed by atoms with E-state index >= 15 is 0 Å². The topological polar surface area (TPSA) is 68.3 Å². The predicted octanol–water partition coefficient (Wildman–Crippen LogP) is 0.980. The zero-order valence-electron chi connectivity index (χ0n) is 9.39. The molecule has 0 rings (SSSR count). The van der Waals surface area contributed by atoms with E-state index < -0.39 is 23.8 Å². The van der Waals surface area contributed by atoms with Crippen LogP contribution in [0.5, 0.6) is 0 Å². The third-order valence-electron chi connectivity index (χ3n) is 2.72. The first-order valence-electron chi connectivity index (χ1n) is 4.63. The Labute approximate surface area is 107 Å². The van der Waals surface area contributed by atoms with Gasteiger partial charge >= 0.3 is 0 Å². The van der Waals surface area contributed by atoms with Crippen molar-refractivity contribution in [1.82, 2.24) is 0 Å². The van der Waals surface area contributed by atoms with Gasteiger partial charge in [0.15, 0.2) is 23.8 Å². The maximum Gasteiger partial charge on any atom is 0.170 e. The van der Waals surface area contributed by atoms with Gasteiger partial charge in [-0.1, -0.05) is 20.8 Å². The molecule has 0 unspecified atom stereocenters. The molecule has 0 aliphatic carbocycles. The normalized spacial score (nSPS) is 13.3. The first-order valence-corrected chi connectivity index (χ1v) is 7.93. The molecule has 15 heavy (non-hydrogen) atoms. The third kappa shape index (κ3) is 3.04. The third-order valence-corrected chi connectivity index (χ3v) is 8.97. The Balaban J connectivity index is 0. The van der Waals surface area contributed by atoms with E-state index in [9.17, 15) is 16.8 Å². The Morgan fingerprint density at radius 3 is 1.27 bits per heavy atom. The van der Waals surface area contributed by atoms with Gasteiger partial charge in [0.2, 0.25) is 0 Å². The SMILES string of the molecule is CCC(C)(S(=O)(=O)CC)S(=O)(=O)CC.[Pt]. The van der Waals surface area contributed by atoms with E-state index in [0.717, 1.165) is 0 Å². The summed E-state index contributed by atoms with van der Waals surface area (Å²) in [5, 5.41) is 0. The zero-order valence-corrected chi connectivity index (χ0v) is 13.3. The maximum atomic E-state index is 11.7. The number of rotatable bonds is 5. The monoisotopic (exact) mass is 437 g/mol. The second-order valence-corrected chi connectivity index (χ2v) is 8.97. The van der Waals surface area contributed by atoms with Crippen molar-refractivity contribution in [2.24, 2.45) is 0 Å². The molecule has 0 atom stereocenters. The van der Waals surface area contributed by atoms with Crippen molar-refractivity contribution in [3.8, 4) is 0 Å². The Kier molecular flexibility index (Phi) is 6.92. The van der Waals surface area contributed by atoms with Crippen LogP contribution in [0.3, 0.4) is 0 Å². The van der Waals surface area contributed by atoms with Gasteiger partial charge in [0.05, 0.1) is 0 Å². The predicted molar refractivity (Wildman–Crippen MR) is 57.6 cm³/mol. The van der Waals surface area contributed by atoms with Crippen LogP contribution in [0.2, 0.25) is 0 Å². The van der Waals surface area contributed by atoms with Crippen molar-refractivity contribution in [2.75, 3.05) is 11.5 Å². The van der Waals surface area contributed by atoms with Gasteiger partial charge in [-0.3, -0.25) is 0 Å². The van der Waals surface area contributed by atoms with Crippen molar-refractivity contribution in [1.29, 1.82) is 0 Å². The quantitative estimate of drug-likeness (QED) is 0.643. The molecule has 0 bridgehead atoms. The van der Waals surface area contributed by atoms with E-state index in [1.165, 1.54) is 20.8 Å². The molecular weight excluding hydrogens is 419 g/mol. The van der Waals surface area contributed by atoms with Gasteiger partial charge in [0, 0.05) is 32.6 Å². The molecule has 0 aromatic rings. The summed E-state index contributed by atoms with van der Waals surface area (Å²) in [5.41, 5.74) is 0. The second kappa shape index (κ2) is 5.78. The van der Waals surface area contributed by atoms with Gasteiger partial charge in [-0.15, -0.1) is 0 Å². The van der Waals surface area contributed by atoms with Crippen LogP contribution in [-0.4, -0.2) is 32.4 Å². The van der Waals surface area contributed by atoms with Crippen LogP contribution in [0.1, 0.15) is 34.1 Å². The van der Waals surface area contributed by atoms with Crippen molar-refractivity contribution in [3.63, 3.8) is 0 Å². The van der Waals surface area contributed by atoms with Crippen molar-refractivity contribution >= 4 is 19.7 Å². The van der Waals surface area contributed by atoms with E-state index in [1.54, 1.807) is 6.92 Å². The summed E-state index contributed by atoms with van der Waals surface area (Å²) >= 11 is 0. The zero-order chi connectivity index (χ0) is 11.6. The fourth-order valence-electron chi connectivity index (χ4n) is 1.24. The summed E-state index contributed by atoms with van der Waals surface area (Å²) in [6.45, 7) is 5.81. The molecule has 0 saturated carbocycles. The first kappa shape index (κ1) is 18.0. The Morgan fingerprint density at radius 2 is 1.13 bits per heavy atom. The number of hydrogen-bond acceptors (Lipinski definition) is 4. The minimum atomic E-state index is -3.57. The summed E-state index contributed by atoms with van der Waals surface area (Å²) in [5.74, 6) is -0.285. The van der Waals surface area contributed by atoms with E-state index in [0.29, 0.717) is 0 Å². The number of hydrogen-bond donors (Lipinski definition) is 0. The van der Waals surface area contributed by atoms with Crippen molar-refractivity contribution < 1.29 is 37.9 Å². The fourth-order valence-corrected chi connectivity index (χ4v) is 5.60. The Bertz CT molecular complexity index is 349. The van der Waals surface area contributed by atoms with Gasteiger partial charge in [0.1, 0.15) is 0 Å². The summed E-state index contributed by atoms with van der Waals surface area (Å²) in [7, 11) is -7.14. The van der Waals surface area contributed by atoms with Crippen molar-refractivity contribution in [2.45, 2.75) is 38.2 Å². The minimum Gasteiger partial charge on any atom is -0.227 e. The molecule has 0 N–H and O–H groups in total. The van der Waals surface area contributed by atoms with Crippen LogP contribution >= 0.6 is 0 Å². The van der Waals surface area contributed by atoms with Crippen LogP contribution in [0.25, 0.3) is 0 Å². The average Bonchev–Trinajstić information content (AvgIpc) is 2.15. The average molecular weight is 437 g/mol. The first-order chi connectivity index (χ1) is 6.18. The van der Waals surface area contributed by atoms with Crippen LogP contribution < -0.4 is 0 Å². The minimum absolute atomic E-state index is 0. The second-order valence-electron chi connectivity index (χ2n) is 3.29. The maximum absolute atomic E-state index is 11.7. The molecule has 0 heterocycles. The standard InChI is InChI=1S/C8H18O4S2.Pt/c1-5-8(4,13(9,10)6-2)14(11,12)7-3;/h5-7H2,1-4H3;. The van der Waals surface area contributed by atoms with Crippen LogP contribution in [0, 0.1) is 0 Å². The smallest absolute Gasteiger partial charge is 0.170 e. The summed E-state index contributed by atoms with van der Waals surface area (Å²) < 4.78 is 45.1. The molecule has 0 amide bonds. The molecule has 0 fully saturated rings. The molecule has 0 aliphatic rings. The molecule has 0 radical (unpaired) electrons. The molecule has 0 saturated heterocycles. The summed E-state index contributed by atoms with van der Waals surface area (Å²) in [4.78, 5) is 0. The van der Waals surface area contributed by atoms with Gasteiger partial charge in [-0.25, -0.2) is 16.8 Å². The van der Waals surface area contributed by atoms with E-state index in [2.05, 4.69) is 0 Å². The molecule has 96 valence electrons. The van der Waals surface area contributed by atoms with Crippen LogP contribution in [0.15, 0.2) is 0 Å². The van der Waals surface area contributed by atoms with Crippen molar-refractivity contribution in [3.05, 3.63) is 0 Å².